The zero-order chi connectivity index (χ0) is 20.1. The Labute approximate surface area is 165 Å². The molecule has 0 saturated heterocycles. The molecule has 27 heavy (non-hydrogen) atoms. The molecule has 0 fully saturated rings. The fraction of sp³-hybridized carbons (Fsp3) is 0.278. The molecule has 1 amide bonds. The number of hydrogen-bond acceptors (Lipinski definition) is 5. The van der Waals surface area contributed by atoms with Gasteiger partial charge in [0.25, 0.3) is 5.91 Å². The maximum atomic E-state index is 12.3. The summed E-state index contributed by atoms with van der Waals surface area (Å²) in [6.07, 6.45) is 0. The molecule has 7 nitrogen and oxygen atoms in total. The van der Waals surface area contributed by atoms with E-state index in [2.05, 4.69) is 10.3 Å². The van der Waals surface area contributed by atoms with E-state index < -0.39 is 24.5 Å². The topological polar surface area (TPSA) is 97.5 Å². The third kappa shape index (κ3) is 5.02. The first kappa shape index (κ1) is 20.8. The highest BCUT2D eigenvalue weighted by atomic mass is 35.5. The summed E-state index contributed by atoms with van der Waals surface area (Å²) in [4.78, 5) is 39.0. The molecule has 1 aromatic heterocycles. The first-order chi connectivity index (χ1) is 12.7. The Hall–Kier alpha value is -2.51. The van der Waals surface area contributed by atoms with Gasteiger partial charge in [-0.2, -0.15) is 0 Å². The third-order valence-corrected chi connectivity index (χ3v) is 4.21. The number of anilines is 1. The van der Waals surface area contributed by atoms with E-state index in [9.17, 15) is 14.4 Å². The predicted octanol–water partition coefficient (Wildman–Crippen LogP) is 3.91. The van der Waals surface area contributed by atoms with Crippen LogP contribution in [0.1, 0.15) is 39.0 Å². The molecule has 0 aliphatic rings. The number of aromatic nitrogens is 1. The van der Waals surface area contributed by atoms with Crippen LogP contribution in [0.5, 0.6) is 0 Å². The van der Waals surface area contributed by atoms with Gasteiger partial charge in [0.15, 0.2) is 6.61 Å². The number of aromatic amines is 1. The van der Waals surface area contributed by atoms with Crippen LogP contribution in [0.4, 0.5) is 5.69 Å². The van der Waals surface area contributed by atoms with Crippen LogP contribution in [0.3, 0.4) is 0 Å². The second-order valence-electron chi connectivity index (χ2n) is 5.59. The van der Waals surface area contributed by atoms with Crippen molar-refractivity contribution < 1.29 is 23.9 Å². The lowest BCUT2D eigenvalue weighted by Gasteiger charge is -2.08. The number of H-pyrrole nitrogens is 1. The van der Waals surface area contributed by atoms with Gasteiger partial charge >= 0.3 is 11.9 Å². The maximum absolute atomic E-state index is 12.3. The molecule has 0 bridgehead atoms. The zero-order valence-corrected chi connectivity index (χ0v) is 16.5. The smallest absolute Gasteiger partial charge is 0.355 e. The molecular weight excluding hydrogens is 395 g/mol. The summed E-state index contributed by atoms with van der Waals surface area (Å²) in [7, 11) is 0. The van der Waals surface area contributed by atoms with E-state index in [0.29, 0.717) is 22.0 Å². The van der Waals surface area contributed by atoms with E-state index in [-0.39, 0.29) is 22.9 Å². The van der Waals surface area contributed by atoms with Gasteiger partial charge in [-0.3, -0.25) is 4.79 Å². The molecule has 0 saturated carbocycles. The summed E-state index contributed by atoms with van der Waals surface area (Å²) in [5.41, 5.74) is 1.60. The lowest BCUT2D eigenvalue weighted by Crippen LogP contribution is -2.21. The Morgan fingerprint density at radius 3 is 2.44 bits per heavy atom. The monoisotopic (exact) mass is 412 g/mol. The first-order valence-electron chi connectivity index (χ1n) is 8.02. The van der Waals surface area contributed by atoms with Gasteiger partial charge in [0.1, 0.15) is 5.69 Å². The number of amides is 1. The fourth-order valence-corrected chi connectivity index (χ4v) is 2.90. The van der Waals surface area contributed by atoms with Crippen LogP contribution in [-0.2, 0) is 14.3 Å². The van der Waals surface area contributed by atoms with Crippen molar-refractivity contribution in [3.05, 3.63) is 50.8 Å². The number of benzene rings is 1. The van der Waals surface area contributed by atoms with Crippen LogP contribution in [0.2, 0.25) is 10.0 Å². The Morgan fingerprint density at radius 2 is 1.81 bits per heavy atom. The van der Waals surface area contributed by atoms with Crippen molar-refractivity contribution in [3.63, 3.8) is 0 Å². The van der Waals surface area contributed by atoms with Gasteiger partial charge in [0.2, 0.25) is 0 Å². The van der Waals surface area contributed by atoms with Crippen molar-refractivity contribution in [3.8, 4) is 0 Å². The van der Waals surface area contributed by atoms with Gasteiger partial charge in [0, 0.05) is 10.7 Å². The molecule has 1 heterocycles. The van der Waals surface area contributed by atoms with Crippen LogP contribution >= 0.6 is 23.2 Å². The Morgan fingerprint density at radius 1 is 1.11 bits per heavy atom. The minimum Gasteiger partial charge on any atom is -0.462 e. The molecule has 0 aliphatic heterocycles. The van der Waals surface area contributed by atoms with Gasteiger partial charge in [-0.25, -0.2) is 9.59 Å². The molecule has 2 aromatic rings. The van der Waals surface area contributed by atoms with Crippen molar-refractivity contribution in [2.45, 2.75) is 20.8 Å². The standard InChI is InChI=1S/C18H18Cl2N2O5/c1-4-26-17(24)15-9(2)16(21-10(15)3)18(25)27-8-14(23)22-13-6-5-11(19)7-12(13)20/h5-7,21H,4,8H2,1-3H3,(H,22,23). The molecule has 2 N–H and O–H groups in total. The summed E-state index contributed by atoms with van der Waals surface area (Å²) in [6, 6.07) is 4.58. The van der Waals surface area contributed by atoms with Crippen LogP contribution < -0.4 is 5.32 Å². The van der Waals surface area contributed by atoms with Crippen LogP contribution in [0.25, 0.3) is 0 Å². The number of halogens is 2. The minimum absolute atomic E-state index is 0.0906. The van der Waals surface area contributed by atoms with Crippen LogP contribution in [0, 0.1) is 13.8 Å². The quantitative estimate of drug-likeness (QED) is 0.700. The number of carbonyl (C=O) groups is 3. The molecular formula is C18H18Cl2N2O5. The van der Waals surface area contributed by atoms with Crippen molar-refractivity contribution in [2.24, 2.45) is 0 Å². The highest BCUT2D eigenvalue weighted by molar-refractivity contribution is 6.36. The first-order valence-corrected chi connectivity index (χ1v) is 8.78. The molecule has 1 aromatic carbocycles. The SMILES string of the molecule is CCOC(=O)c1c(C)[nH]c(C(=O)OCC(=O)Nc2ccc(Cl)cc2Cl)c1C. The lowest BCUT2D eigenvalue weighted by atomic mass is 10.1. The Kier molecular flexibility index (Phi) is 6.87. The third-order valence-electron chi connectivity index (χ3n) is 3.66. The van der Waals surface area contributed by atoms with Gasteiger partial charge in [-0.15, -0.1) is 0 Å². The summed E-state index contributed by atoms with van der Waals surface area (Å²) in [5.74, 6) is -1.86. The summed E-state index contributed by atoms with van der Waals surface area (Å²) < 4.78 is 9.98. The average Bonchev–Trinajstić information content (AvgIpc) is 2.90. The summed E-state index contributed by atoms with van der Waals surface area (Å²) >= 11 is 11.8. The van der Waals surface area contributed by atoms with Gasteiger partial charge in [-0.1, -0.05) is 23.2 Å². The Bertz CT molecular complexity index is 892. The van der Waals surface area contributed by atoms with Crippen LogP contribution in [0.15, 0.2) is 18.2 Å². The molecule has 2 rings (SSSR count). The van der Waals surface area contributed by atoms with Gasteiger partial charge in [0.05, 0.1) is 22.9 Å². The highest BCUT2D eigenvalue weighted by Gasteiger charge is 2.24. The molecule has 0 radical (unpaired) electrons. The van der Waals surface area contributed by atoms with Gasteiger partial charge in [-0.05, 0) is 44.5 Å². The normalized spacial score (nSPS) is 10.4. The van der Waals surface area contributed by atoms with E-state index in [1.165, 1.54) is 12.1 Å². The molecule has 144 valence electrons. The highest BCUT2D eigenvalue weighted by Crippen LogP contribution is 2.25. The summed E-state index contributed by atoms with van der Waals surface area (Å²) in [5, 5.41) is 3.21. The van der Waals surface area contributed by atoms with Crippen LogP contribution in [-0.4, -0.2) is 36.0 Å². The van der Waals surface area contributed by atoms with E-state index in [1.54, 1.807) is 26.8 Å². The Balaban J connectivity index is 2.02. The zero-order valence-electron chi connectivity index (χ0n) is 14.9. The fourth-order valence-electron chi connectivity index (χ4n) is 2.44. The number of ether oxygens (including phenoxy) is 2. The largest absolute Gasteiger partial charge is 0.462 e. The van der Waals surface area contributed by atoms with E-state index in [1.807, 2.05) is 0 Å². The van der Waals surface area contributed by atoms with Crippen molar-refractivity contribution in [1.82, 2.24) is 4.98 Å². The second kappa shape index (κ2) is 8.92. The van der Waals surface area contributed by atoms with Crippen molar-refractivity contribution in [2.75, 3.05) is 18.5 Å². The summed E-state index contributed by atoms with van der Waals surface area (Å²) in [6.45, 7) is 4.63. The molecule has 0 atom stereocenters. The lowest BCUT2D eigenvalue weighted by molar-refractivity contribution is -0.119. The van der Waals surface area contributed by atoms with E-state index in [0.717, 1.165) is 0 Å². The number of carbonyl (C=O) groups excluding carboxylic acids is 3. The predicted molar refractivity (Wildman–Crippen MR) is 102 cm³/mol. The number of esters is 2. The number of aryl methyl sites for hydroxylation is 1. The van der Waals surface area contributed by atoms with E-state index >= 15 is 0 Å². The molecule has 0 aliphatic carbocycles. The van der Waals surface area contributed by atoms with E-state index in [4.69, 9.17) is 32.7 Å². The minimum atomic E-state index is -0.761. The number of nitrogens with one attached hydrogen (secondary N) is 2. The van der Waals surface area contributed by atoms with Crippen molar-refractivity contribution in [1.29, 1.82) is 0 Å². The number of rotatable bonds is 6. The maximum Gasteiger partial charge on any atom is 0.355 e. The average molecular weight is 413 g/mol. The van der Waals surface area contributed by atoms with Gasteiger partial charge < -0.3 is 19.8 Å². The van der Waals surface area contributed by atoms with Crippen molar-refractivity contribution >= 4 is 46.7 Å². The molecule has 9 heteroatoms. The molecule has 0 spiro atoms. The number of hydrogen-bond donors (Lipinski definition) is 2. The second-order valence-corrected chi connectivity index (χ2v) is 6.44. The molecule has 0 unspecified atom stereocenters.